The van der Waals surface area contributed by atoms with Crippen LogP contribution < -0.4 is 5.32 Å². The minimum atomic E-state index is -3.17. The van der Waals surface area contributed by atoms with Gasteiger partial charge in [0.05, 0.1) is 0 Å². The van der Waals surface area contributed by atoms with Crippen molar-refractivity contribution in [2.75, 3.05) is 19.3 Å². The molecule has 7 heteroatoms. The van der Waals surface area contributed by atoms with Crippen LogP contribution >= 0.6 is 11.3 Å². The quantitative estimate of drug-likeness (QED) is 0.751. The van der Waals surface area contributed by atoms with E-state index in [4.69, 9.17) is 0 Å². The fourth-order valence-electron chi connectivity index (χ4n) is 3.26. The third kappa shape index (κ3) is 2.87. The van der Waals surface area contributed by atoms with E-state index >= 15 is 0 Å². The summed E-state index contributed by atoms with van der Waals surface area (Å²) in [7, 11) is -3.17. The molecule has 1 fully saturated rings. The molecule has 0 radical (unpaired) electrons. The molecule has 1 atom stereocenters. The van der Waals surface area contributed by atoms with Crippen LogP contribution in [-0.2, 0) is 9.84 Å². The van der Waals surface area contributed by atoms with Crippen molar-refractivity contribution in [3.63, 3.8) is 0 Å². The van der Waals surface area contributed by atoms with Crippen molar-refractivity contribution in [3.05, 3.63) is 36.2 Å². The molecule has 0 spiro atoms. The van der Waals surface area contributed by atoms with Crippen molar-refractivity contribution in [2.45, 2.75) is 23.0 Å². The Balaban J connectivity index is 1.78. The Morgan fingerprint density at radius 1 is 1.29 bits per heavy atom. The standard InChI is InChI=1S/C17H19N3O2S2/c1-24(21,22)16-5-4-15(23-16)12-6-8-19-17-13(12)9-14(20-17)11-3-2-7-18-10-11/h4-6,8-9,11,18H,2-3,7,10H2,1H3,(H,19,20). The number of rotatable bonds is 3. The summed E-state index contributed by atoms with van der Waals surface area (Å²) < 4.78 is 23.9. The van der Waals surface area contributed by atoms with Gasteiger partial charge in [-0.2, -0.15) is 0 Å². The molecular weight excluding hydrogens is 342 g/mol. The van der Waals surface area contributed by atoms with E-state index in [0.29, 0.717) is 10.1 Å². The summed E-state index contributed by atoms with van der Waals surface area (Å²) in [5.41, 5.74) is 3.10. The van der Waals surface area contributed by atoms with Gasteiger partial charge in [0.1, 0.15) is 9.86 Å². The van der Waals surface area contributed by atoms with E-state index in [-0.39, 0.29) is 0 Å². The summed E-state index contributed by atoms with van der Waals surface area (Å²) in [6, 6.07) is 7.69. The Morgan fingerprint density at radius 3 is 2.88 bits per heavy atom. The number of fused-ring (bicyclic) bond motifs is 1. The number of nitrogens with zero attached hydrogens (tertiary/aromatic N) is 1. The fourth-order valence-corrected chi connectivity index (χ4v) is 5.23. The summed E-state index contributed by atoms with van der Waals surface area (Å²) in [4.78, 5) is 8.85. The van der Waals surface area contributed by atoms with Crippen LogP contribution in [-0.4, -0.2) is 37.7 Å². The van der Waals surface area contributed by atoms with Crippen molar-refractivity contribution in [2.24, 2.45) is 0 Å². The van der Waals surface area contributed by atoms with Crippen LogP contribution in [0.25, 0.3) is 21.5 Å². The average molecular weight is 361 g/mol. The Morgan fingerprint density at radius 2 is 2.17 bits per heavy atom. The molecule has 1 unspecified atom stereocenters. The largest absolute Gasteiger partial charge is 0.343 e. The smallest absolute Gasteiger partial charge is 0.184 e. The maximum Gasteiger partial charge on any atom is 0.184 e. The van der Waals surface area contributed by atoms with Crippen LogP contribution in [0.15, 0.2) is 34.7 Å². The lowest BCUT2D eigenvalue weighted by Crippen LogP contribution is -2.28. The molecule has 1 aliphatic heterocycles. The van der Waals surface area contributed by atoms with E-state index in [9.17, 15) is 8.42 Å². The zero-order chi connectivity index (χ0) is 16.7. The first-order valence-corrected chi connectivity index (χ1v) is 10.7. The maximum atomic E-state index is 11.7. The highest BCUT2D eigenvalue weighted by atomic mass is 32.2. The molecule has 3 aromatic rings. The molecule has 0 aromatic carbocycles. The van der Waals surface area contributed by atoms with E-state index in [1.165, 1.54) is 36.1 Å². The van der Waals surface area contributed by atoms with Crippen molar-refractivity contribution in [1.29, 1.82) is 0 Å². The summed E-state index contributed by atoms with van der Waals surface area (Å²) in [6.45, 7) is 2.07. The van der Waals surface area contributed by atoms with Gasteiger partial charge >= 0.3 is 0 Å². The summed E-state index contributed by atoms with van der Waals surface area (Å²) in [5, 5.41) is 4.49. The molecular formula is C17H19N3O2S2. The van der Waals surface area contributed by atoms with E-state index < -0.39 is 9.84 Å². The fraction of sp³-hybridized carbons (Fsp3) is 0.353. The Bertz CT molecular complexity index is 982. The van der Waals surface area contributed by atoms with Gasteiger partial charge in [0.2, 0.25) is 0 Å². The van der Waals surface area contributed by atoms with Gasteiger partial charge in [-0.25, -0.2) is 13.4 Å². The van der Waals surface area contributed by atoms with Crippen molar-refractivity contribution < 1.29 is 8.42 Å². The number of nitrogens with one attached hydrogen (secondary N) is 2. The zero-order valence-electron chi connectivity index (χ0n) is 13.4. The van der Waals surface area contributed by atoms with Gasteiger partial charge < -0.3 is 10.3 Å². The van der Waals surface area contributed by atoms with Gasteiger partial charge in [-0.3, -0.25) is 0 Å². The Labute approximate surface area is 145 Å². The zero-order valence-corrected chi connectivity index (χ0v) is 15.0. The van der Waals surface area contributed by atoms with Gasteiger partial charge in [-0.1, -0.05) is 0 Å². The first kappa shape index (κ1) is 15.8. The molecule has 0 aliphatic carbocycles. The predicted molar refractivity (Wildman–Crippen MR) is 97.4 cm³/mol. The molecule has 5 nitrogen and oxygen atoms in total. The number of aromatic amines is 1. The SMILES string of the molecule is CS(=O)(=O)c1ccc(-c2ccnc3[nH]c(C4CCCNC4)cc23)s1. The molecule has 126 valence electrons. The minimum Gasteiger partial charge on any atom is -0.343 e. The van der Waals surface area contributed by atoms with Gasteiger partial charge in [0.15, 0.2) is 9.84 Å². The molecule has 24 heavy (non-hydrogen) atoms. The molecule has 1 aliphatic rings. The predicted octanol–water partition coefficient (Wildman–Crippen LogP) is 3.16. The molecule has 3 aromatic heterocycles. The normalized spacial score (nSPS) is 19.0. The topological polar surface area (TPSA) is 74.8 Å². The first-order valence-electron chi connectivity index (χ1n) is 8.01. The second-order valence-electron chi connectivity index (χ2n) is 6.28. The van der Waals surface area contributed by atoms with Gasteiger partial charge in [-0.15, -0.1) is 11.3 Å². The number of thiophene rings is 1. The lowest BCUT2D eigenvalue weighted by molar-refractivity contribution is 0.456. The van der Waals surface area contributed by atoms with E-state index in [1.807, 2.05) is 12.1 Å². The van der Waals surface area contributed by atoms with Crippen molar-refractivity contribution >= 4 is 32.2 Å². The second-order valence-corrected chi connectivity index (χ2v) is 9.61. The van der Waals surface area contributed by atoms with Gasteiger partial charge in [0, 0.05) is 46.4 Å². The highest BCUT2D eigenvalue weighted by molar-refractivity contribution is 7.92. The number of piperidine rings is 1. The van der Waals surface area contributed by atoms with Gasteiger partial charge in [-0.05, 0) is 43.7 Å². The number of hydrogen-bond acceptors (Lipinski definition) is 5. The number of pyridine rings is 1. The van der Waals surface area contributed by atoms with Crippen LogP contribution in [0, 0.1) is 0 Å². The summed E-state index contributed by atoms with van der Waals surface area (Å²) >= 11 is 1.31. The van der Waals surface area contributed by atoms with Crippen molar-refractivity contribution in [3.8, 4) is 10.4 Å². The third-order valence-electron chi connectivity index (χ3n) is 4.50. The molecule has 0 bridgehead atoms. The number of sulfone groups is 1. The first-order chi connectivity index (χ1) is 11.5. The number of aromatic nitrogens is 2. The molecule has 4 heterocycles. The van der Waals surface area contributed by atoms with E-state index in [1.54, 1.807) is 12.3 Å². The van der Waals surface area contributed by atoms with Crippen LogP contribution in [0.1, 0.15) is 24.5 Å². The van der Waals surface area contributed by atoms with E-state index in [2.05, 4.69) is 21.4 Å². The lowest BCUT2D eigenvalue weighted by Gasteiger charge is -2.21. The van der Waals surface area contributed by atoms with E-state index in [0.717, 1.165) is 34.6 Å². The molecule has 0 amide bonds. The third-order valence-corrected chi connectivity index (χ3v) is 7.44. The summed E-state index contributed by atoms with van der Waals surface area (Å²) in [6.07, 6.45) is 5.38. The summed E-state index contributed by atoms with van der Waals surface area (Å²) in [5.74, 6) is 0.482. The highest BCUT2D eigenvalue weighted by Crippen LogP contribution is 2.36. The monoisotopic (exact) mass is 361 g/mol. The number of hydrogen-bond donors (Lipinski definition) is 2. The molecule has 4 rings (SSSR count). The molecule has 0 saturated carbocycles. The highest BCUT2D eigenvalue weighted by Gasteiger charge is 2.19. The molecule has 2 N–H and O–H groups in total. The Hall–Kier alpha value is -1.70. The lowest BCUT2D eigenvalue weighted by atomic mass is 9.96. The van der Waals surface area contributed by atoms with Crippen LogP contribution in [0.3, 0.4) is 0 Å². The van der Waals surface area contributed by atoms with Crippen LogP contribution in [0.2, 0.25) is 0 Å². The van der Waals surface area contributed by atoms with Crippen LogP contribution in [0.4, 0.5) is 0 Å². The molecule has 1 saturated heterocycles. The average Bonchev–Trinajstić information content (AvgIpc) is 3.22. The minimum absolute atomic E-state index is 0.398. The maximum absolute atomic E-state index is 11.7. The van der Waals surface area contributed by atoms with Crippen LogP contribution in [0.5, 0.6) is 0 Å². The Kier molecular flexibility index (Phi) is 3.94. The second kappa shape index (κ2) is 5.98. The number of H-pyrrole nitrogens is 1. The van der Waals surface area contributed by atoms with Gasteiger partial charge in [0.25, 0.3) is 0 Å². The van der Waals surface area contributed by atoms with Crippen molar-refractivity contribution in [1.82, 2.24) is 15.3 Å².